The highest BCUT2D eigenvalue weighted by atomic mass is 16.5. The Morgan fingerprint density at radius 3 is 3.00 bits per heavy atom. The minimum Gasteiger partial charge on any atom is -0.462 e. The molecule has 1 aliphatic rings. The van der Waals surface area contributed by atoms with E-state index in [1.807, 2.05) is 5.01 Å². The number of carbonyl (C=O) groups is 1. The van der Waals surface area contributed by atoms with Crippen LogP contribution >= 0.6 is 0 Å². The van der Waals surface area contributed by atoms with E-state index >= 15 is 0 Å². The van der Waals surface area contributed by atoms with E-state index in [0.717, 1.165) is 13.1 Å². The SMILES string of the molecule is CCOC(=O)c1ccnc(NN2CCOCC2)c1N. The second kappa shape index (κ2) is 6.35. The van der Waals surface area contributed by atoms with Crippen molar-refractivity contribution in [1.29, 1.82) is 0 Å². The van der Waals surface area contributed by atoms with Gasteiger partial charge in [0.05, 0.1) is 31.1 Å². The van der Waals surface area contributed by atoms with E-state index in [0.29, 0.717) is 36.9 Å². The van der Waals surface area contributed by atoms with Gasteiger partial charge in [0.25, 0.3) is 0 Å². The van der Waals surface area contributed by atoms with Crippen LogP contribution in [0.3, 0.4) is 0 Å². The number of anilines is 2. The third-order valence-corrected chi connectivity index (χ3v) is 2.76. The van der Waals surface area contributed by atoms with E-state index in [1.54, 1.807) is 13.0 Å². The molecule has 2 heterocycles. The summed E-state index contributed by atoms with van der Waals surface area (Å²) in [7, 11) is 0. The minimum atomic E-state index is -0.438. The normalized spacial score (nSPS) is 16.1. The van der Waals surface area contributed by atoms with Crippen LogP contribution in [0, 0.1) is 0 Å². The Balaban J connectivity index is 2.12. The largest absolute Gasteiger partial charge is 0.462 e. The minimum absolute atomic E-state index is 0.299. The van der Waals surface area contributed by atoms with E-state index in [2.05, 4.69) is 10.4 Å². The number of rotatable bonds is 4. The highest BCUT2D eigenvalue weighted by Crippen LogP contribution is 2.21. The van der Waals surface area contributed by atoms with Gasteiger partial charge in [-0.1, -0.05) is 0 Å². The number of hydrogen-bond acceptors (Lipinski definition) is 7. The molecule has 2 rings (SSSR count). The molecule has 0 saturated carbocycles. The molecule has 0 aliphatic carbocycles. The van der Waals surface area contributed by atoms with Gasteiger partial charge in [-0.2, -0.15) is 0 Å². The Morgan fingerprint density at radius 2 is 2.32 bits per heavy atom. The number of hydrazine groups is 1. The van der Waals surface area contributed by atoms with Crippen LogP contribution in [0.15, 0.2) is 12.3 Å². The third-order valence-electron chi connectivity index (χ3n) is 2.76. The van der Waals surface area contributed by atoms with Crippen molar-refractivity contribution in [3.8, 4) is 0 Å². The van der Waals surface area contributed by atoms with Crippen LogP contribution in [0.4, 0.5) is 11.5 Å². The number of aromatic nitrogens is 1. The van der Waals surface area contributed by atoms with Crippen molar-refractivity contribution in [3.05, 3.63) is 17.8 Å². The lowest BCUT2D eigenvalue weighted by atomic mass is 10.2. The van der Waals surface area contributed by atoms with Crippen LogP contribution in [-0.2, 0) is 9.47 Å². The molecule has 0 atom stereocenters. The predicted molar refractivity (Wildman–Crippen MR) is 70.6 cm³/mol. The Hall–Kier alpha value is -1.86. The van der Waals surface area contributed by atoms with Crippen molar-refractivity contribution in [2.75, 3.05) is 44.1 Å². The molecule has 104 valence electrons. The van der Waals surface area contributed by atoms with Crippen molar-refractivity contribution in [1.82, 2.24) is 9.99 Å². The first-order valence-electron chi connectivity index (χ1n) is 6.23. The lowest BCUT2D eigenvalue weighted by Gasteiger charge is -2.28. The van der Waals surface area contributed by atoms with Gasteiger partial charge in [0.1, 0.15) is 0 Å². The standard InChI is InChI=1S/C12H18N4O3/c1-2-19-12(17)9-3-4-14-11(10(9)13)15-16-5-7-18-8-6-16/h3-4H,2,5-8,13H2,1H3,(H,14,15). The van der Waals surface area contributed by atoms with Gasteiger partial charge in [0, 0.05) is 19.3 Å². The second-order valence-corrected chi connectivity index (χ2v) is 4.05. The molecular formula is C12H18N4O3. The average molecular weight is 266 g/mol. The van der Waals surface area contributed by atoms with E-state index in [-0.39, 0.29) is 0 Å². The summed E-state index contributed by atoms with van der Waals surface area (Å²) in [6.07, 6.45) is 1.53. The predicted octanol–water partition coefficient (Wildman–Crippen LogP) is 0.500. The summed E-state index contributed by atoms with van der Waals surface area (Å²) >= 11 is 0. The summed E-state index contributed by atoms with van der Waals surface area (Å²) in [6, 6.07) is 1.55. The molecule has 0 bridgehead atoms. The monoisotopic (exact) mass is 266 g/mol. The fourth-order valence-corrected chi connectivity index (χ4v) is 1.77. The Labute approximate surface area is 111 Å². The number of pyridine rings is 1. The molecule has 1 fully saturated rings. The quantitative estimate of drug-likeness (QED) is 0.767. The number of nitrogens with zero attached hydrogens (tertiary/aromatic N) is 2. The molecule has 19 heavy (non-hydrogen) atoms. The van der Waals surface area contributed by atoms with Gasteiger partial charge in [-0.05, 0) is 13.0 Å². The highest BCUT2D eigenvalue weighted by molar-refractivity contribution is 5.97. The maximum atomic E-state index is 11.7. The Bertz CT molecular complexity index is 447. The first-order chi connectivity index (χ1) is 9.22. The zero-order valence-corrected chi connectivity index (χ0v) is 10.9. The zero-order valence-electron chi connectivity index (χ0n) is 10.9. The summed E-state index contributed by atoms with van der Waals surface area (Å²) in [5.74, 6) is 0.0277. The fraction of sp³-hybridized carbons (Fsp3) is 0.500. The van der Waals surface area contributed by atoms with Crippen LogP contribution in [0.25, 0.3) is 0 Å². The summed E-state index contributed by atoms with van der Waals surface area (Å²) in [4.78, 5) is 15.9. The topological polar surface area (TPSA) is 89.7 Å². The maximum absolute atomic E-state index is 11.7. The van der Waals surface area contributed by atoms with Crippen molar-refractivity contribution >= 4 is 17.5 Å². The number of nitrogens with one attached hydrogen (secondary N) is 1. The summed E-state index contributed by atoms with van der Waals surface area (Å²) in [6.45, 7) is 4.86. The number of hydrogen-bond donors (Lipinski definition) is 2. The molecule has 0 aromatic carbocycles. The highest BCUT2D eigenvalue weighted by Gasteiger charge is 2.17. The van der Waals surface area contributed by atoms with Gasteiger partial charge >= 0.3 is 5.97 Å². The molecule has 0 amide bonds. The molecular weight excluding hydrogens is 248 g/mol. The van der Waals surface area contributed by atoms with Crippen molar-refractivity contribution < 1.29 is 14.3 Å². The molecule has 1 saturated heterocycles. The van der Waals surface area contributed by atoms with Crippen molar-refractivity contribution in [3.63, 3.8) is 0 Å². The fourth-order valence-electron chi connectivity index (χ4n) is 1.77. The van der Waals surface area contributed by atoms with Gasteiger partial charge < -0.3 is 20.6 Å². The van der Waals surface area contributed by atoms with Crippen LogP contribution < -0.4 is 11.2 Å². The number of morpholine rings is 1. The van der Waals surface area contributed by atoms with Crippen molar-refractivity contribution in [2.24, 2.45) is 0 Å². The van der Waals surface area contributed by atoms with Gasteiger partial charge in [-0.25, -0.2) is 14.8 Å². The van der Waals surface area contributed by atoms with Gasteiger partial charge in [0.15, 0.2) is 5.82 Å². The lowest BCUT2D eigenvalue weighted by molar-refractivity contribution is 0.0493. The molecule has 7 heteroatoms. The number of carbonyl (C=O) groups excluding carboxylic acids is 1. The van der Waals surface area contributed by atoms with Gasteiger partial charge in [-0.15, -0.1) is 0 Å². The molecule has 1 aromatic rings. The first-order valence-corrected chi connectivity index (χ1v) is 6.23. The third kappa shape index (κ3) is 3.33. The van der Waals surface area contributed by atoms with Gasteiger partial charge in [0.2, 0.25) is 0 Å². The smallest absolute Gasteiger partial charge is 0.340 e. The molecule has 3 N–H and O–H groups in total. The van der Waals surface area contributed by atoms with E-state index in [1.165, 1.54) is 6.20 Å². The number of ether oxygens (including phenoxy) is 2. The molecule has 1 aliphatic heterocycles. The van der Waals surface area contributed by atoms with Gasteiger partial charge in [-0.3, -0.25) is 0 Å². The Morgan fingerprint density at radius 1 is 1.58 bits per heavy atom. The van der Waals surface area contributed by atoms with Crippen LogP contribution in [-0.4, -0.2) is 48.9 Å². The molecule has 0 spiro atoms. The Kier molecular flexibility index (Phi) is 4.53. The van der Waals surface area contributed by atoms with E-state index in [4.69, 9.17) is 15.2 Å². The number of nitrogen functional groups attached to an aromatic ring is 1. The number of esters is 1. The first kappa shape index (κ1) is 13.6. The molecule has 1 aromatic heterocycles. The summed E-state index contributed by atoms with van der Waals surface area (Å²) in [5.41, 5.74) is 9.67. The number of nitrogens with two attached hydrogens (primary N) is 1. The average Bonchev–Trinajstić information content (AvgIpc) is 2.42. The second-order valence-electron chi connectivity index (χ2n) is 4.05. The summed E-state index contributed by atoms with van der Waals surface area (Å²) < 4.78 is 10.2. The van der Waals surface area contributed by atoms with Crippen LogP contribution in [0.2, 0.25) is 0 Å². The molecule has 0 unspecified atom stereocenters. The van der Waals surface area contributed by atoms with E-state index in [9.17, 15) is 4.79 Å². The van der Waals surface area contributed by atoms with Crippen LogP contribution in [0.1, 0.15) is 17.3 Å². The lowest BCUT2D eigenvalue weighted by Crippen LogP contribution is -2.40. The van der Waals surface area contributed by atoms with Crippen LogP contribution in [0.5, 0.6) is 0 Å². The van der Waals surface area contributed by atoms with Crippen molar-refractivity contribution in [2.45, 2.75) is 6.92 Å². The van der Waals surface area contributed by atoms with E-state index < -0.39 is 5.97 Å². The maximum Gasteiger partial charge on any atom is 0.340 e. The summed E-state index contributed by atoms with van der Waals surface area (Å²) in [5, 5.41) is 1.96. The molecule has 0 radical (unpaired) electrons. The molecule has 7 nitrogen and oxygen atoms in total. The zero-order chi connectivity index (χ0) is 13.7.